The Hall–Kier alpha value is -2.79. The molecule has 1 amide bonds. The molecule has 1 aliphatic heterocycles. The Kier molecular flexibility index (Phi) is 7.79. The Morgan fingerprint density at radius 3 is 2.61 bits per heavy atom. The van der Waals surface area contributed by atoms with Crippen molar-refractivity contribution < 1.29 is 22.7 Å². The van der Waals surface area contributed by atoms with Crippen molar-refractivity contribution in [3.8, 4) is 11.1 Å². The minimum Gasteiger partial charge on any atom is -0.395 e. The minimum atomic E-state index is -3.22. The predicted octanol–water partition coefficient (Wildman–Crippen LogP) is 3.07. The molecule has 2 aromatic carbocycles. The number of aliphatic hydroxyl groups is 1. The van der Waals surface area contributed by atoms with Crippen molar-refractivity contribution in [2.45, 2.75) is 45.2 Å². The molecular weight excluding hydrogens is 483 g/mol. The lowest BCUT2D eigenvalue weighted by atomic mass is 9.88. The van der Waals surface area contributed by atoms with E-state index in [0.29, 0.717) is 42.6 Å². The van der Waals surface area contributed by atoms with Crippen LogP contribution in [-0.4, -0.2) is 60.2 Å². The van der Waals surface area contributed by atoms with Gasteiger partial charge in [-0.15, -0.1) is 0 Å². The molecular formula is C26H33FN4O4S. The van der Waals surface area contributed by atoms with Gasteiger partial charge in [-0.2, -0.15) is 0 Å². The first-order chi connectivity index (χ1) is 17.1. The van der Waals surface area contributed by atoms with Crippen molar-refractivity contribution >= 4 is 26.8 Å². The van der Waals surface area contributed by atoms with Crippen molar-refractivity contribution in [1.82, 2.24) is 14.6 Å². The molecule has 0 aliphatic carbocycles. The summed E-state index contributed by atoms with van der Waals surface area (Å²) < 4.78 is 40.5. The van der Waals surface area contributed by atoms with Crippen molar-refractivity contribution in [1.29, 1.82) is 0 Å². The van der Waals surface area contributed by atoms with Gasteiger partial charge in [0.15, 0.2) is 0 Å². The number of rotatable bonds is 9. The van der Waals surface area contributed by atoms with Crippen LogP contribution in [0, 0.1) is 5.82 Å². The van der Waals surface area contributed by atoms with Crippen LogP contribution in [0.2, 0.25) is 0 Å². The van der Waals surface area contributed by atoms with E-state index in [9.17, 15) is 22.7 Å². The van der Waals surface area contributed by atoms with Crippen LogP contribution >= 0.6 is 0 Å². The number of carbonyl (C=O) groups excluding carboxylic acids is 1. The van der Waals surface area contributed by atoms with E-state index in [-0.39, 0.29) is 36.7 Å². The molecule has 0 spiro atoms. The highest BCUT2D eigenvalue weighted by molar-refractivity contribution is 7.89. The van der Waals surface area contributed by atoms with E-state index in [1.807, 2.05) is 19.2 Å². The number of halogens is 1. The molecule has 0 unspecified atom stereocenters. The fourth-order valence-corrected chi connectivity index (χ4v) is 5.95. The first-order valence-corrected chi connectivity index (χ1v) is 13.8. The number of primary amides is 1. The number of piperidine rings is 1. The SMILES string of the molecule is CCS(=O)(=O)N1CCC(c2c[nH]c3c(C(N)=O)cc(-c4ccc(F)c(CN[C@@H](C)CO)c4)cc23)CC1. The van der Waals surface area contributed by atoms with Gasteiger partial charge in [-0.05, 0) is 73.6 Å². The van der Waals surface area contributed by atoms with Crippen molar-refractivity contribution in [3.05, 3.63) is 59.0 Å². The van der Waals surface area contributed by atoms with Gasteiger partial charge in [0.1, 0.15) is 5.82 Å². The summed E-state index contributed by atoms with van der Waals surface area (Å²) in [4.78, 5) is 15.5. The highest BCUT2D eigenvalue weighted by atomic mass is 32.2. The van der Waals surface area contributed by atoms with E-state index in [1.54, 1.807) is 29.4 Å². The number of fused-ring (bicyclic) bond motifs is 1. The number of aromatic nitrogens is 1. The summed E-state index contributed by atoms with van der Waals surface area (Å²) in [6.07, 6.45) is 3.24. The molecule has 4 rings (SSSR count). The third kappa shape index (κ3) is 5.31. The maximum atomic E-state index is 14.5. The first-order valence-electron chi connectivity index (χ1n) is 12.2. The second kappa shape index (κ2) is 10.7. The number of nitrogens with two attached hydrogens (primary N) is 1. The molecule has 1 aliphatic rings. The second-order valence-corrected chi connectivity index (χ2v) is 11.7. The molecule has 0 radical (unpaired) electrons. The maximum Gasteiger partial charge on any atom is 0.250 e. The van der Waals surface area contributed by atoms with Crippen LogP contribution in [0.15, 0.2) is 36.5 Å². The number of aromatic amines is 1. The average molecular weight is 517 g/mol. The molecule has 5 N–H and O–H groups in total. The first kappa shape index (κ1) is 26.3. The van der Waals surface area contributed by atoms with E-state index in [4.69, 9.17) is 5.73 Å². The lowest BCUT2D eigenvalue weighted by Gasteiger charge is -2.31. The van der Waals surface area contributed by atoms with E-state index in [1.165, 1.54) is 6.07 Å². The van der Waals surface area contributed by atoms with Gasteiger partial charge in [0.2, 0.25) is 10.0 Å². The minimum absolute atomic E-state index is 0.0560. The molecule has 36 heavy (non-hydrogen) atoms. The monoisotopic (exact) mass is 516 g/mol. The van der Waals surface area contributed by atoms with E-state index in [2.05, 4.69) is 10.3 Å². The summed E-state index contributed by atoms with van der Waals surface area (Å²) in [6, 6.07) is 8.31. The number of nitrogens with zero attached hydrogens (tertiary/aromatic N) is 1. The fourth-order valence-electron chi connectivity index (χ4n) is 4.82. The van der Waals surface area contributed by atoms with Gasteiger partial charge >= 0.3 is 0 Å². The number of nitrogens with one attached hydrogen (secondary N) is 2. The quantitative estimate of drug-likeness (QED) is 0.348. The van der Waals surface area contributed by atoms with Gasteiger partial charge in [0.05, 0.1) is 23.4 Å². The molecule has 194 valence electrons. The molecule has 1 fully saturated rings. The van der Waals surface area contributed by atoms with Crippen LogP contribution in [0.3, 0.4) is 0 Å². The molecule has 0 saturated carbocycles. The van der Waals surface area contributed by atoms with Crippen LogP contribution in [0.25, 0.3) is 22.0 Å². The normalized spacial score (nSPS) is 16.4. The summed E-state index contributed by atoms with van der Waals surface area (Å²) >= 11 is 0. The Morgan fingerprint density at radius 2 is 1.97 bits per heavy atom. The van der Waals surface area contributed by atoms with Gasteiger partial charge in [0.25, 0.3) is 5.91 Å². The number of sulfonamides is 1. The number of hydrogen-bond acceptors (Lipinski definition) is 5. The number of hydrogen-bond donors (Lipinski definition) is 4. The summed E-state index contributed by atoms with van der Waals surface area (Å²) in [5.74, 6) is -0.709. The molecule has 2 heterocycles. The molecule has 3 aromatic rings. The lowest BCUT2D eigenvalue weighted by Crippen LogP contribution is -2.38. The van der Waals surface area contributed by atoms with E-state index in [0.717, 1.165) is 22.1 Å². The predicted molar refractivity (Wildman–Crippen MR) is 139 cm³/mol. The Bertz CT molecular complexity index is 1360. The third-order valence-corrected chi connectivity index (χ3v) is 8.91. The van der Waals surface area contributed by atoms with Crippen LogP contribution in [0.1, 0.15) is 54.1 Å². The fraction of sp³-hybridized carbons (Fsp3) is 0.423. The van der Waals surface area contributed by atoms with E-state index < -0.39 is 15.9 Å². The Morgan fingerprint density at radius 1 is 1.25 bits per heavy atom. The van der Waals surface area contributed by atoms with Crippen molar-refractivity contribution in [2.75, 3.05) is 25.4 Å². The molecule has 1 atom stereocenters. The highest BCUT2D eigenvalue weighted by Gasteiger charge is 2.29. The van der Waals surface area contributed by atoms with Crippen LogP contribution < -0.4 is 11.1 Å². The zero-order valence-electron chi connectivity index (χ0n) is 20.6. The topological polar surface area (TPSA) is 129 Å². The van der Waals surface area contributed by atoms with Crippen LogP contribution in [0.4, 0.5) is 4.39 Å². The third-order valence-electron chi connectivity index (χ3n) is 7.03. The smallest absolute Gasteiger partial charge is 0.250 e. The van der Waals surface area contributed by atoms with Crippen LogP contribution in [0.5, 0.6) is 0 Å². The maximum absolute atomic E-state index is 14.5. The number of H-pyrrole nitrogens is 1. The summed E-state index contributed by atoms with van der Waals surface area (Å²) in [7, 11) is -3.22. The van der Waals surface area contributed by atoms with Gasteiger partial charge < -0.3 is 21.1 Å². The van der Waals surface area contributed by atoms with Gasteiger partial charge in [-0.1, -0.05) is 6.07 Å². The molecule has 0 bridgehead atoms. The van der Waals surface area contributed by atoms with Crippen molar-refractivity contribution in [3.63, 3.8) is 0 Å². The van der Waals surface area contributed by atoms with Gasteiger partial charge in [-0.25, -0.2) is 17.1 Å². The lowest BCUT2D eigenvalue weighted by molar-refractivity contribution is 0.100. The standard InChI is InChI=1S/C26H33FN4O4S/c1-3-36(34,35)31-8-6-17(7-9-31)23-14-30-25-21(23)11-19(12-22(25)26(28)33)18-4-5-24(27)20(10-18)13-29-16(2)15-32/h4-5,10-12,14,16-17,29-30,32H,3,6-9,13,15H2,1-2H3,(H2,28,33)/t16-/m0/s1. The summed E-state index contributed by atoms with van der Waals surface area (Å²) in [5.41, 5.74) is 9.65. The Balaban J connectivity index is 1.70. The van der Waals surface area contributed by atoms with Gasteiger partial charge in [-0.3, -0.25) is 4.79 Å². The zero-order chi connectivity index (χ0) is 26.0. The molecule has 1 saturated heterocycles. The summed E-state index contributed by atoms with van der Waals surface area (Å²) in [5, 5.41) is 13.2. The number of aliphatic hydroxyl groups excluding tert-OH is 1. The van der Waals surface area contributed by atoms with Gasteiger partial charge in [0, 0.05) is 42.8 Å². The summed E-state index contributed by atoms with van der Waals surface area (Å²) in [6.45, 7) is 4.57. The Labute approximate surface area is 210 Å². The highest BCUT2D eigenvalue weighted by Crippen LogP contribution is 2.37. The van der Waals surface area contributed by atoms with Crippen LogP contribution in [-0.2, 0) is 16.6 Å². The molecule has 8 nitrogen and oxygen atoms in total. The second-order valence-electron chi connectivity index (χ2n) is 9.40. The molecule has 1 aromatic heterocycles. The van der Waals surface area contributed by atoms with E-state index >= 15 is 0 Å². The largest absolute Gasteiger partial charge is 0.395 e. The number of benzene rings is 2. The van der Waals surface area contributed by atoms with Crippen molar-refractivity contribution in [2.24, 2.45) is 5.73 Å². The number of carbonyl (C=O) groups is 1. The molecule has 10 heteroatoms. The average Bonchev–Trinajstić information content (AvgIpc) is 3.31. The zero-order valence-corrected chi connectivity index (χ0v) is 21.4. The number of amides is 1.